The summed E-state index contributed by atoms with van der Waals surface area (Å²) in [5.41, 5.74) is 0. The molecular weight excluding hydrogens is 583 g/mol. The highest BCUT2D eigenvalue weighted by atomic mass is 32.2. The zero-order valence-electron chi connectivity index (χ0n) is 18.8. The average Bonchev–Trinajstić information content (AvgIpc) is 2.75. The van der Waals surface area contributed by atoms with Crippen LogP contribution in [0.25, 0.3) is 0 Å². The van der Waals surface area contributed by atoms with E-state index in [-0.39, 0.29) is 6.42 Å². The standard InChI is InChI=1S/C17H22F15NO3S/c1-3-5-6-10(18)11(19,20)12(21,22)13(23,24)14(25,26)15(27,28)16(29,30)17(31,32)37(35,36)33(7-4-2)8-9-34/h10,34H,3-9H2,1-2H3. The highest BCUT2D eigenvalue weighted by Gasteiger charge is 2.94. The normalized spacial score (nSPS) is 16.4. The summed E-state index contributed by atoms with van der Waals surface area (Å²) in [7, 11) is -7.22. The van der Waals surface area contributed by atoms with Crippen molar-refractivity contribution in [3.8, 4) is 0 Å². The molecule has 0 aromatic heterocycles. The average molecular weight is 605 g/mol. The fourth-order valence-electron chi connectivity index (χ4n) is 2.78. The van der Waals surface area contributed by atoms with Gasteiger partial charge in [-0.1, -0.05) is 26.7 Å². The number of aliphatic hydroxyl groups is 1. The number of alkyl halides is 15. The lowest BCUT2D eigenvalue weighted by Gasteiger charge is -2.43. The second-order valence-electron chi connectivity index (χ2n) is 7.75. The van der Waals surface area contributed by atoms with E-state index in [9.17, 15) is 74.3 Å². The number of aliphatic hydroxyl groups excluding tert-OH is 1. The van der Waals surface area contributed by atoms with Crippen molar-refractivity contribution in [2.24, 2.45) is 0 Å². The van der Waals surface area contributed by atoms with E-state index in [1.807, 2.05) is 0 Å². The molecule has 0 aliphatic carbocycles. The molecule has 1 unspecified atom stereocenters. The molecule has 0 spiro atoms. The molecule has 0 aliphatic heterocycles. The van der Waals surface area contributed by atoms with Gasteiger partial charge in [0, 0.05) is 13.1 Å². The Balaban J connectivity index is 6.89. The van der Waals surface area contributed by atoms with Crippen LogP contribution >= 0.6 is 0 Å². The van der Waals surface area contributed by atoms with Crippen molar-refractivity contribution in [1.82, 2.24) is 4.31 Å². The predicted octanol–water partition coefficient (Wildman–Crippen LogP) is 5.95. The molecule has 1 atom stereocenters. The van der Waals surface area contributed by atoms with Gasteiger partial charge < -0.3 is 5.11 Å². The highest BCUT2D eigenvalue weighted by molar-refractivity contribution is 7.90. The summed E-state index contributed by atoms with van der Waals surface area (Å²) in [6.45, 7) is -2.02. The van der Waals surface area contributed by atoms with E-state index < -0.39 is 100 Å². The van der Waals surface area contributed by atoms with E-state index >= 15 is 0 Å². The molecule has 0 radical (unpaired) electrons. The molecule has 224 valence electrons. The highest BCUT2D eigenvalue weighted by Crippen LogP contribution is 2.63. The van der Waals surface area contributed by atoms with Crippen molar-refractivity contribution in [2.75, 3.05) is 19.7 Å². The van der Waals surface area contributed by atoms with Gasteiger partial charge in [-0.15, -0.1) is 0 Å². The zero-order valence-corrected chi connectivity index (χ0v) is 19.6. The van der Waals surface area contributed by atoms with Crippen LogP contribution in [0.3, 0.4) is 0 Å². The topological polar surface area (TPSA) is 57.6 Å². The summed E-state index contributed by atoms with van der Waals surface area (Å²) in [6.07, 6.45) is -7.62. The lowest BCUT2D eigenvalue weighted by Crippen LogP contribution is -2.74. The van der Waals surface area contributed by atoms with Gasteiger partial charge in [0.1, 0.15) is 0 Å². The van der Waals surface area contributed by atoms with E-state index in [1.165, 1.54) is 0 Å². The molecule has 0 aromatic rings. The van der Waals surface area contributed by atoms with Crippen LogP contribution in [0.1, 0.15) is 39.5 Å². The van der Waals surface area contributed by atoms with Crippen LogP contribution in [0.15, 0.2) is 0 Å². The largest absolute Gasteiger partial charge is 0.427 e. The fraction of sp³-hybridized carbons (Fsp3) is 1.00. The third kappa shape index (κ3) is 5.34. The first-order valence-corrected chi connectivity index (χ1v) is 11.6. The molecule has 4 nitrogen and oxygen atoms in total. The van der Waals surface area contributed by atoms with Gasteiger partial charge in [-0.05, 0) is 12.8 Å². The lowest BCUT2D eigenvalue weighted by atomic mass is 9.89. The van der Waals surface area contributed by atoms with Crippen molar-refractivity contribution in [3.63, 3.8) is 0 Å². The summed E-state index contributed by atoms with van der Waals surface area (Å²) in [4.78, 5) is 0. The predicted molar refractivity (Wildman–Crippen MR) is 96.9 cm³/mol. The van der Waals surface area contributed by atoms with Gasteiger partial charge in [0.2, 0.25) is 0 Å². The van der Waals surface area contributed by atoms with Gasteiger partial charge >= 0.3 is 40.8 Å². The Kier molecular flexibility index (Phi) is 10.8. The first-order chi connectivity index (χ1) is 16.3. The molecule has 1 N–H and O–H groups in total. The summed E-state index contributed by atoms with van der Waals surface area (Å²) < 4.78 is 231. The Labute approximate surface area is 200 Å². The smallest absolute Gasteiger partial charge is 0.395 e. The number of nitrogens with zero attached hydrogens (tertiary/aromatic N) is 1. The van der Waals surface area contributed by atoms with Crippen molar-refractivity contribution < 1.29 is 79.4 Å². The summed E-state index contributed by atoms with van der Waals surface area (Å²) in [5.74, 6) is -48.3. The van der Waals surface area contributed by atoms with Crippen LogP contribution < -0.4 is 0 Å². The molecule has 0 fully saturated rings. The van der Waals surface area contributed by atoms with Crippen molar-refractivity contribution in [3.05, 3.63) is 0 Å². The molecule has 0 rings (SSSR count). The minimum absolute atomic E-state index is 0.242. The number of hydrogen-bond acceptors (Lipinski definition) is 3. The maximum atomic E-state index is 14.2. The van der Waals surface area contributed by atoms with Gasteiger partial charge in [0.05, 0.1) is 6.61 Å². The molecular formula is C17H22F15NO3S. The van der Waals surface area contributed by atoms with Gasteiger partial charge in [0.25, 0.3) is 10.0 Å². The molecule has 0 saturated carbocycles. The van der Waals surface area contributed by atoms with Crippen molar-refractivity contribution in [1.29, 1.82) is 0 Å². The molecule has 0 aliphatic rings. The van der Waals surface area contributed by atoms with Crippen LogP contribution in [0, 0.1) is 0 Å². The van der Waals surface area contributed by atoms with Gasteiger partial charge in [-0.3, -0.25) is 0 Å². The second-order valence-corrected chi connectivity index (χ2v) is 9.73. The Morgan fingerprint density at radius 2 is 1.08 bits per heavy atom. The maximum Gasteiger partial charge on any atom is 0.427 e. The molecule has 0 bridgehead atoms. The maximum absolute atomic E-state index is 14.2. The third-order valence-electron chi connectivity index (χ3n) is 5.05. The van der Waals surface area contributed by atoms with E-state index in [4.69, 9.17) is 5.11 Å². The zero-order chi connectivity index (χ0) is 30.1. The van der Waals surface area contributed by atoms with Gasteiger partial charge in [-0.2, -0.15) is 65.8 Å². The molecule has 20 heteroatoms. The monoisotopic (exact) mass is 605 g/mol. The van der Waals surface area contributed by atoms with E-state index in [0.717, 1.165) is 13.8 Å². The number of rotatable bonds is 16. The van der Waals surface area contributed by atoms with Crippen molar-refractivity contribution in [2.45, 2.75) is 86.5 Å². The van der Waals surface area contributed by atoms with Gasteiger partial charge in [0.15, 0.2) is 6.17 Å². The fourth-order valence-corrected chi connectivity index (χ4v) is 4.30. The minimum atomic E-state index is -8.52. The van der Waals surface area contributed by atoms with Crippen LogP contribution in [-0.4, -0.2) is 84.5 Å². The Morgan fingerprint density at radius 1 is 0.676 bits per heavy atom. The van der Waals surface area contributed by atoms with Crippen molar-refractivity contribution >= 4 is 10.0 Å². The van der Waals surface area contributed by atoms with Crippen LogP contribution in [0.4, 0.5) is 65.9 Å². The molecule has 37 heavy (non-hydrogen) atoms. The van der Waals surface area contributed by atoms with E-state index in [2.05, 4.69) is 0 Å². The van der Waals surface area contributed by atoms with Gasteiger partial charge in [-0.25, -0.2) is 12.8 Å². The number of halogens is 15. The Hall–Kier alpha value is -1.18. The second kappa shape index (κ2) is 11.1. The first-order valence-electron chi connectivity index (χ1n) is 10.1. The van der Waals surface area contributed by atoms with E-state index in [0.29, 0.717) is 0 Å². The van der Waals surface area contributed by atoms with Crippen LogP contribution in [0.2, 0.25) is 0 Å². The quantitative estimate of drug-likeness (QED) is 0.221. The van der Waals surface area contributed by atoms with Crippen LogP contribution in [-0.2, 0) is 10.0 Å². The SMILES string of the molecule is CCCCC(F)C(F)(F)C(F)(F)C(F)(F)C(F)(F)C(F)(F)C(F)(F)C(F)(F)S(=O)(=O)N(CCC)CCO. The number of hydrogen-bond donors (Lipinski definition) is 1. The number of unbranched alkanes of at least 4 members (excludes halogenated alkanes) is 1. The molecule has 0 saturated heterocycles. The Bertz CT molecular complexity index is 858. The minimum Gasteiger partial charge on any atom is -0.395 e. The van der Waals surface area contributed by atoms with E-state index in [1.54, 1.807) is 0 Å². The third-order valence-corrected chi connectivity index (χ3v) is 7.00. The summed E-state index contributed by atoms with van der Waals surface area (Å²) >= 11 is 0. The van der Waals surface area contributed by atoms with Crippen LogP contribution in [0.5, 0.6) is 0 Å². The Morgan fingerprint density at radius 3 is 1.46 bits per heavy atom. The summed E-state index contributed by atoms with van der Waals surface area (Å²) in [5, 5.41) is 1.22. The molecule has 0 heterocycles. The summed E-state index contributed by atoms with van der Waals surface area (Å²) in [6, 6.07) is 0. The number of sulfonamides is 1. The molecule has 0 amide bonds. The first kappa shape index (κ1) is 35.8. The lowest BCUT2D eigenvalue weighted by molar-refractivity contribution is -0.438. The molecule has 0 aromatic carbocycles.